The van der Waals surface area contributed by atoms with E-state index in [1.54, 1.807) is 30.0 Å². The first-order valence-corrected chi connectivity index (χ1v) is 13.3. The number of urea groups is 2. The number of sulfonamides is 1. The van der Waals surface area contributed by atoms with Gasteiger partial charge in [-0.05, 0) is 44.7 Å². The van der Waals surface area contributed by atoms with Crippen LogP contribution in [-0.2, 0) is 10.0 Å². The third-order valence-corrected chi connectivity index (χ3v) is 7.45. The fourth-order valence-corrected chi connectivity index (χ4v) is 4.83. The molecule has 0 radical (unpaired) electrons. The number of hydrogen-bond acceptors (Lipinski definition) is 5. The van der Waals surface area contributed by atoms with E-state index in [1.807, 2.05) is 0 Å². The Morgan fingerprint density at radius 2 is 1.67 bits per heavy atom. The number of carbonyl (C=O) groups excluding carboxylic acids is 2. The average Bonchev–Trinajstić information content (AvgIpc) is 2.81. The molecule has 33 heavy (non-hydrogen) atoms. The van der Waals surface area contributed by atoms with Gasteiger partial charge in [0.1, 0.15) is 5.75 Å². The van der Waals surface area contributed by atoms with Gasteiger partial charge in [0, 0.05) is 36.9 Å². The van der Waals surface area contributed by atoms with E-state index in [0.717, 1.165) is 12.8 Å². The normalized spacial score (nSPS) is 17.8. The highest BCUT2D eigenvalue weighted by Crippen LogP contribution is 2.29. The number of likely N-dealkylation sites (tertiary alicyclic amines) is 1. The van der Waals surface area contributed by atoms with Crippen molar-refractivity contribution in [2.24, 2.45) is 0 Å². The van der Waals surface area contributed by atoms with Crippen molar-refractivity contribution in [3.8, 4) is 5.75 Å². The molecule has 2 fully saturated rings. The van der Waals surface area contributed by atoms with Crippen LogP contribution in [0.15, 0.2) is 18.2 Å². The Kier molecular flexibility index (Phi) is 8.65. The third-order valence-electron chi connectivity index (χ3n) is 6.16. The molecule has 1 heterocycles. The van der Waals surface area contributed by atoms with E-state index in [0.29, 0.717) is 43.1 Å². The van der Waals surface area contributed by atoms with Gasteiger partial charge in [-0.25, -0.2) is 18.0 Å². The molecule has 184 valence electrons. The number of rotatable bonds is 7. The van der Waals surface area contributed by atoms with Crippen LogP contribution in [0, 0.1) is 0 Å². The molecule has 1 aliphatic carbocycles. The maximum Gasteiger partial charge on any atom is 0.321 e. The SMILES string of the molecule is CCS(=O)(=O)Nc1ccc(NC(=O)N2CCC(NC(=O)NC3CCCCC3)CC2)cc1OC. The highest BCUT2D eigenvalue weighted by Gasteiger charge is 2.25. The highest BCUT2D eigenvalue weighted by atomic mass is 32.2. The van der Waals surface area contributed by atoms with Crippen molar-refractivity contribution in [3.05, 3.63) is 18.2 Å². The predicted molar refractivity (Wildman–Crippen MR) is 128 cm³/mol. The molecule has 1 aliphatic heterocycles. The summed E-state index contributed by atoms with van der Waals surface area (Å²) < 4.78 is 31.4. The zero-order valence-electron chi connectivity index (χ0n) is 19.4. The van der Waals surface area contributed by atoms with Gasteiger partial charge in [0.2, 0.25) is 10.0 Å². The topological polar surface area (TPSA) is 129 Å². The zero-order chi connectivity index (χ0) is 23.8. The lowest BCUT2D eigenvalue weighted by atomic mass is 9.96. The maximum atomic E-state index is 12.7. The van der Waals surface area contributed by atoms with E-state index in [1.165, 1.54) is 26.4 Å². The molecule has 11 heteroatoms. The number of benzene rings is 1. The van der Waals surface area contributed by atoms with E-state index in [9.17, 15) is 18.0 Å². The Hall–Kier alpha value is -2.69. The molecular formula is C22H35N5O5S. The number of anilines is 2. The first kappa shape index (κ1) is 24.9. The molecule has 1 saturated heterocycles. The Bertz CT molecular complexity index is 925. The van der Waals surface area contributed by atoms with Crippen molar-refractivity contribution >= 4 is 33.5 Å². The number of ether oxygens (including phenoxy) is 1. The average molecular weight is 482 g/mol. The molecule has 1 saturated carbocycles. The molecule has 0 aromatic heterocycles. The molecule has 4 N–H and O–H groups in total. The Labute approximate surface area is 195 Å². The van der Waals surface area contributed by atoms with Crippen LogP contribution in [0.3, 0.4) is 0 Å². The summed E-state index contributed by atoms with van der Waals surface area (Å²) in [5.41, 5.74) is 0.819. The van der Waals surface area contributed by atoms with Gasteiger partial charge in [0.25, 0.3) is 0 Å². The molecule has 1 aromatic carbocycles. The van der Waals surface area contributed by atoms with Crippen molar-refractivity contribution in [2.45, 2.75) is 64.0 Å². The second-order valence-electron chi connectivity index (χ2n) is 8.56. The molecule has 0 bridgehead atoms. The van der Waals surface area contributed by atoms with E-state index in [2.05, 4.69) is 20.7 Å². The Morgan fingerprint density at radius 3 is 2.27 bits per heavy atom. The molecule has 3 rings (SSSR count). The number of piperidine rings is 1. The predicted octanol–water partition coefficient (Wildman–Crippen LogP) is 3.09. The van der Waals surface area contributed by atoms with Crippen LogP contribution in [-0.4, -0.2) is 63.4 Å². The minimum absolute atomic E-state index is 0.0450. The molecule has 1 aromatic rings. The van der Waals surface area contributed by atoms with Crippen molar-refractivity contribution in [1.82, 2.24) is 15.5 Å². The summed E-state index contributed by atoms with van der Waals surface area (Å²) in [6.45, 7) is 2.61. The molecular weight excluding hydrogens is 446 g/mol. The molecule has 10 nitrogen and oxygen atoms in total. The van der Waals surface area contributed by atoms with E-state index >= 15 is 0 Å². The number of methoxy groups -OCH3 is 1. The quantitative estimate of drug-likeness (QED) is 0.476. The van der Waals surface area contributed by atoms with Gasteiger partial charge < -0.3 is 25.6 Å². The molecule has 0 unspecified atom stereocenters. The molecule has 2 aliphatic rings. The van der Waals surface area contributed by atoms with Crippen molar-refractivity contribution in [3.63, 3.8) is 0 Å². The van der Waals surface area contributed by atoms with Gasteiger partial charge in [-0.15, -0.1) is 0 Å². The van der Waals surface area contributed by atoms with Crippen LogP contribution in [0.1, 0.15) is 51.9 Å². The number of hydrogen-bond donors (Lipinski definition) is 4. The molecule has 0 atom stereocenters. The smallest absolute Gasteiger partial charge is 0.321 e. The van der Waals surface area contributed by atoms with E-state index < -0.39 is 10.0 Å². The minimum atomic E-state index is -3.44. The highest BCUT2D eigenvalue weighted by molar-refractivity contribution is 7.92. The largest absolute Gasteiger partial charge is 0.494 e. The lowest BCUT2D eigenvalue weighted by Gasteiger charge is -2.33. The van der Waals surface area contributed by atoms with Crippen molar-refractivity contribution in [1.29, 1.82) is 0 Å². The summed E-state index contributed by atoms with van der Waals surface area (Å²) in [5.74, 6) is 0.263. The maximum absolute atomic E-state index is 12.7. The lowest BCUT2D eigenvalue weighted by molar-refractivity contribution is 0.186. The van der Waals surface area contributed by atoms with Crippen LogP contribution in [0.5, 0.6) is 5.75 Å². The van der Waals surface area contributed by atoms with Crippen molar-refractivity contribution < 1.29 is 22.7 Å². The minimum Gasteiger partial charge on any atom is -0.494 e. The van der Waals surface area contributed by atoms with Crippen LogP contribution >= 0.6 is 0 Å². The number of amides is 4. The molecule has 4 amide bonds. The third kappa shape index (κ3) is 7.41. The van der Waals surface area contributed by atoms with Crippen LogP contribution < -0.4 is 25.4 Å². The zero-order valence-corrected chi connectivity index (χ0v) is 20.2. The summed E-state index contributed by atoms with van der Waals surface area (Å²) in [6, 6.07) is 4.71. The number of nitrogens with one attached hydrogen (secondary N) is 4. The van der Waals surface area contributed by atoms with Gasteiger partial charge >= 0.3 is 12.1 Å². The summed E-state index contributed by atoms with van der Waals surface area (Å²) in [5, 5.41) is 8.94. The van der Waals surface area contributed by atoms with Crippen LogP contribution in [0.2, 0.25) is 0 Å². The first-order chi connectivity index (χ1) is 15.8. The van der Waals surface area contributed by atoms with Gasteiger partial charge in [-0.1, -0.05) is 19.3 Å². The molecule has 0 spiro atoms. The summed E-state index contributed by atoms with van der Waals surface area (Å²) in [7, 11) is -2.00. The monoisotopic (exact) mass is 481 g/mol. The van der Waals surface area contributed by atoms with E-state index in [-0.39, 0.29) is 29.9 Å². The van der Waals surface area contributed by atoms with Gasteiger partial charge in [0.05, 0.1) is 18.6 Å². The van der Waals surface area contributed by atoms with Gasteiger partial charge in [-0.2, -0.15) is 0 Å². The second-order valence-corrected chi connectivity index (χ2v) is 10.6. The summed E-state index contributed by atoms with van der Waals surface area (Å²) in [6.07, 6.45) is 7.04. The fourth-order valence-electron chi connectivity index (χ4n) is 4.18. The number of carbonyl (C=O) groups is 2. The fraction of sp³-hybridized carbons (Fsp3) is 0.636. The van der Waals surface area contributed by atoms with Crippen LogP contribution in [0.4, 0.5) is 21.0 Å². The van der Waals surface area contributed by atoms with Crippen LogP contribution in [0.25, 0.3) is 0 Å². The lowest BCUT2D eigenvalue weighted by Crippen LogP contribution is -2.51. The van der Waals surface area contributed by atoms with Gasteiger partial charge in [0.15, 0.2) is 0 Å². The Balaban J connectivity index is 1.47. The first-order valence-electron chi connectivity index (χ1n) is 11.6. The standard InChI is InChI=1S/C22H35N5O5S/c1-3-33(30,31)26-19-10-9-18(15-20(19)32-2)25-22(29)27-13-11-17(12-14-27)24-21(28)23-16-7-5-4-6-8-16/h9-10,15-17,26H,3-8,11-14H2,1-2H3,(H,25,29)(H2,23,24,28). The summed E-state index contributed by atoms with van der Waals surface area (Å²) >= 11 is 0. The second kappa shape index (κ2) is 11.4. The summed E-state index contributed by atoms with van der Waals surface area (Å²) in [4.78, 5) is 26.6. The van der Waals surface area contributed by atoms with E-state index in [4.69, 9.17) is 4.74 Å². The Morgan fingerprint density at radius 1 is 1.03 bits per heavy atom. The van der Waals surface area contributed by atoms with Gasteiger partial charge in [-0.3, -0.25) is 4.72 Å². The van der Waals surface area contributed by atoms with Crippen molar-refractivity contribution in [2.75, 3.05) is 36.0 Å². The number of nitrogens with zero attached hydrogens (tertiary/aromatic N) is 1.